The van der Waals surface area contributed by atoms with E-state index < -0.39 is 0 Å². The molecule has 82 valence electrons. The molecule has 1 fully saturated rings. The Morgan fingerprint density at radius 3 is 2.87 bits per heavy atom. The van der Waals surface area contributed by atoms with Crippen molar-refractivity contribution in [3.63, 3.8) is 0 Å². The maximum absolute atomic E-state index is 11.1. The van der Waals surface area contributed by atoms with Gasteiger partial charge in [-0.3, -0.25) is 4.79 Å². The van der Waals surface area contributed by atoms with Crippen LogP contribution < -0.4 is 11.1 Å². The number of aromatic amines is 1. The van der Waals surface area contributed by atoms with Gasteiger partial charge in [0, 0.05) is 25.4 Å². The number of hydrogen-bond donors (Lipinski definition) is 3. The molecule has 0 bridgehead atoms. The summed E-state index contributed by atoms with van der Waals surface area (Å²) >= 11 is 0. The average molecular weight is 208 g/mol. The summed E-state index contributed by atoms with van der Waals surface area (Å²) in [7, 11) is 0. The van der Waals surface area contributed by atoms with E-state index in [2.05, 4.69) is 15.3 Å². The Morgan fingerprint density at radius 2 is 2.47 bits per heavy atom. The molecule has 1 aliphatic carbocycles. The summed E-state index contributed by atoms with van der Waals surface area (Å²) in [6, 6.07) is 0. The van der Waals surface area contributed by atoms with Crippen molar-refractivity contribution in [1.82, 2.24) is 15.3 Å². The van der Waals surface area contributed by atoms with Crippen molar-refractivity contribution in [3.05, 3.63) is 17.7 Å². The van der Waals surface area contributed by atoms with Crippen molar-refractivity contribution in [3.8, 4) is 0 Å². The molecule has 1 saturated carbocycles. The van der Waals surface area contributed by atoms with Gasteiger partial charge in [-0.05, 0) is 19.3 Å². The first kappa shape index (κ1) is 10.2. The molecule has 0 radical (unpaired) electrons. The third-order valence-corrected chi connectivity index (χ3v) is 2.92. The highest BCUT2D eigenvalue weighted by Gasteiger charge is 2.41. The summed E-state index contributed by atoms with van der Waals surface area (Å²) < 4.78 is 0. The number of amides is 1. The monoisotopic (exact) mass is 208 g/mol. The number of imidazole rings is 1. The van der Waals surface area contributed by atoms with Crippen LogP contribution in [0.4, 0.5) is 0 Å². The summed E-state index contributed by atoms with van der Waals surface area (Å²) in [5.41, 5.74) is 6.15. The van der Waals surface area contributed by atoms with Crippen LogP contribution in [0.1, 0.15) is 37.7 Å². The van der Waals surface area contributed by atoms with Gasteiger partial charge < -0.3 is 16.0 Å². The lowest BCUT2D eigenvalue weighted by atomic mass is 9.76. The standard InChI is InChI=1S/C10H16N4O/c1-7(15)14-10(3-2-4-10)9-12-6-8(5-11)13-9/h6H,2-5,11H2,1H3,(H,12,13)(H,14,15). The molecular formula is C10H16N4O. The van der Waals surface area contributed by atoms with E-state index in [1.807, 2.05) is 0 Å². The topological polar surface area (TPSA) is 83.8 Å². The van der Waals surface area contributed by atoms with E-state index in [9.17, 15) is 4.79 Å². The molecule has 1 aromatic rings. The first-order chi connectivity index (χ1) is 7.16. The molecule has 0 spiro atoms. The maximum atomic E-state index is 11.1. The van der Waals surface area contributed by atoms with Crippen LogP contribution in [0.3, 0.4) is 0 Å². The molecule has 0 aliphatic heterocycles. The summed E-state index contributed by atoms with van der Waals surface area (Å²) in [6.45, 7) is 1.98. The number of carbonyl (C=O) groups excluding carboxylic acids is 1. The minimum Gasteiger partial charge on any atom is -0.344 e. The van der Waals surface area contributed by atoms with Crippen LogP contribution in [0, 0.1) is 0 Å². The summed E-state index contributed by atoms with van der Waals surface area (Å²) in [6.07, 6.45) is 4.75. The lowest BCUT2D eigenvalue weighted by Crippen LogP contribution is -2.50. The number of aromatic nitrogens is 2. The number of nitrogens with one attached hydrogen (secondary N) is 2. The van der Waals surface area contributed by atoms with Crippen LogP contribution in [0.2, 0.25) is 0 Å². The smallest absolute Gasteiger partial charge is 0.217 e. The van der Waals surface area contributed by atoms with E-state index in [1.165, 1.54) is 6.92 Å². The van der Waals surface area contributed by atoms with Crippen LogP contribution in [0.15, 0.2) is 6.20 Å². The molecule has 1 aliphatic rings. The highest BCUT2D eigenvalue weighted by atomic mass is 16.1. The van der Waals surface area contributed by atoms with Gasteiger partial charge in [0.1, 0.15) is 5.82 Å². The molecule has 5 heteroatoms. The average Bonchev–Trinajstić information content (AvgIpc) is 2.59. The van der Waals surface area contributed by atoms with Crippen LogP contribution in [0.25, 0.3) is 0 Å². The number of nitrogens with two attached hydrogens (primary N) is 1. The van der Waals surface area contributed by atoms with Crippen molar-refractivity contribution >= 4 is 5.91 Å². The molecule has 0 saturated heterocycles. The fourth-order valence-electron chi connectivity index (χ4n) is 1.99. The number of hydrogen-bond acceptors (Lipinski definition) is 3. The zero-order chi connectivity index (χ0) is 10.9. The molecule has 0 atom stereocenters. The van der Waals surface area contributed by atoms with Crippen molar-refractivity contribution in [2.75, 3.05) is 0 Å². The first-order valence-electron chi connectivity index (χ1n) is 5.19. The van der Waals surface area contributed by atoms with Gasteiger partial charge in [-0.2, -0.15) is 0 Å². The normalized spacial score (nSPS) is 18.3. The fourth-order valence-corrected chi connectivity index (χ4v) is 1.99. The Morgan fingerprint density at radius 1 is 1.73 bits per heavy atom. The van der Waals surface area contributed by atoms with E-state index in [-0.39, 0.29) is 11.4 Å². The van der Waals surface area contributed by atoms with Gasteiger partial charge >= 0.3 is 0 Å². The van der Waals surface area contributed by atoms with Gasteiger partial charge in [0.2, 0.25) is 5.91 Å². The third kappa shape index (κ3) is 1.74. The molecule has 1 amide bonds. The van der Waals surface area contributed by atoms with Crippen LogP contribution >= 0.6 is 0 Å². The minimum atomic E-state index is -0.265. The van der Waals surface area contributed by atoms with Crippen LogP contribution in [0.5, 0.6) is 0 Å². The van der Waals surface area contributed by atoms with Crippen molar-refractivity contribution in [2.24, 2.45) is 5.73 Å². The SMILES string of the molecule is CC(=O)NC1(c2ncc(CN)[nH]2)CCC1. The third-order valence-electron chi connectivity index (χ3n) is 2.92. The lowest BCUT2D eigenvalue weighted by Gasteiger charge is -2.40. The van der Waals surface area contributed by atoms with Crippen molar-refractivity contribution in [1.29, 1.82) is 0 Å². The Labute approximate surface area is 88.5 Å². The number of H-pyrrole nitrogens is 1. The van der Waals surface area contributed by atoms with E-state index in [0.29, 0.717) is 6.54 Å². The Kier molecular flexibility index (Phi) is 2.48. The minimum absolute atomic E-state index is 0.0135. The maximum Gasteiger partial charge on any atom is 0.217 e. The molecule has 15 heavy (non-hydrogen) atoms. The number of nitrogens with zero attached hydrogens (tertiary/aromatic N) is 1. The van der Waals surface area contributed by atoms with Gasteiger partial charge in [-0.1, -0.05) is 0 Å². The van der Waals surface area contributed by atoms with E-state index in [4.69, 9.17) is 5.73 Å². The Bertz CT molecular complexity index is 367. The highest BCUT2D eigenvalue weighted by Crippen LogP contribution is 2.39. The second-order valence-electron chi connectivity index (χ2n) is 4.08. The highest BCUT2D eigenvalue weighted by molar-refractivity contribution is 5.74. The van der Waals surface area contributed by atoms with Gasteiger partial charge in [0.25, 0.3) is 0 Å². The second-order valence-corrected chi connectivity index (χ2v) is 4.08. The predicted molar refractivity (Wildman–Crippen MR) is 55.8 cm³/mol. The summed E-state index contributed by atoms with van der Waals surface area (Å²) in [5, 5.41) is 2.97. The number of carbonyl (C=O) groups is 1. The Hall–Kier alpha value is -1.36. The van der Waals surface area contributed by atoms with Gasteiger partial charge in [-0.25, -0.2) is 4.98 Å². The number of rotatable bonds is 3. The van der Waals surface area contributed by atoms with Crippen molar-refractivity contribution < 1.29 is 4.79 Å². The van der Waals surface area contributed by atoms with E-state index in [1.54, 1.807) is 6.20 Å². The summed E-state index contributed by atoms with van der Waals surface area (Å²) in [5.74, 6) is 0.824. The van der Waals surface area contributed by atoms with Gasteiger partial charge in [0.15, 0.2) is 0 Å². The van der Waals surface area contributed by atoms with Gasteiger partial charge in [0.05, 0.1) is 5.54 Å². The van der Waals surface area contributed by atoms with E-state index >= 15 is 0 Å². The molecular weight excluding hydrogens is 192 g/mol. The van der Waals surface area contributed by atoms with Crippen LogP contribution in [-0.4, -0.2) is 15.9 Å². The first-order valence-corrected chi connectivity index (χ1v) is 5.19. The fraction of sp³-hybridized carbons (Fsp3) is 0.600. The second kappa shape index (κ2) is 3.66. The molecule has 1 aromatic heterocycles. The lowest BCUT2D eigenvalue weighted by molar-refractivity contribution is -0.122. The van der Waals surface area contributed by atoms with E-state index in [0.717, 1.165) is 30.8 Å². The Balaban J connectivity index is 2.21. The molecule has 2 rings (SSSR count). The zero-order valence-corrected chi connectivity index (χ0v) is 8.84. The molecule has 0 aromatic carbocycles. The van der Waals surface area contributed by atoms with Crippen LogP contribution in [-0.2, 0) is 16.9 Å². The zero-order valence-electron chi connectivity index (χ0n) is 8.84. The quantitative estimate of drug-likeness (QED) is 0.671. The molecule has 1 heterocycles. The predicted octanol–water partition coefficient (Wildman–Crippen LogP) is 0.384. The molecule has 4 N–H and O–H groups in total. The molecule has 0 unspecified atom stereocenters. The summed E-state index contributed by atoms with van der Waals surface area (Å²) in [4.78, 5) is 18.6. The van der Waals surface area contributed by atoms with Gasteiger partial charge in [-0.15, -0.1) is 0 Å². The largest absolute Gasteiger partial charge is 0.344 e. The molecule has 5 nitrogen and oxygen atoms in total. The van der Waals surface area contributed by atoms with Crippen molar-refractivity contribution in [2.45, 2.75) is 38.3 Å².